The van der Waals surface area contributed by atoms with Crippen LogP contribution in [0, 0.1) is 6.92 Å². The fourth-order valence-electron chi connectivity index (χ4n) is 1.97. The van der Waals surface area contributed by atoms with Gasteiger partial charge in [0.2, 0.25) is 0 Å². The van der Waals surface area contributed by atoms with Crippen LogP contribution in [-0.2, 0) is 0 Å². The number of aromatic hydroxyl groups is 1. The Labute approximate surface area is 128 Å². The van der Waals surface area contributed by atoms with E-state index in [-0.39, 0.29) is 17.1 Å². The topological polar surface area (TPSA) is 67.5 Å². The third-order valence-electron chi connectivity index (χ3n) is 2.99. The maximum Gasteiger partial charge on any atom is 0.351 e. The first-order chi connectivity index (χ1) is 10.5. The Hall–Kier alpha value is -2.88. The smallest absolute Gasteiger partial charge is 0.351 e. The summed E-state index contributed by atoms with van der Waals surface area (Å²) in [6, 6.07) is 10.9. The zero-order chi connectivity index (χ0) is 16.1. The van der Waals surface area contributed by atoms with Crippen molar-refractivity contribution in [2.75, 3.05) is 0 Å². The highest BCUT2D eigenvalue weighted by molar-refractivity contribution is 6.06. The van der Waals surface area contributed by atoms with Gasteiger partial charge in [0.25, 0.3) is 0 Å². The van der Waals surface area contributed by atoms with Gasteiger partial charge in [0, 0.05) is 6.07 Å². The minimum Gasteiger partial charge on any atom is -0.507 e. The molecule has 0 unspecified atom stereocenters. The molecule has 22 heavy (non-hydrogen) atoms. The second kappa shape index (κ2) is 6.72. The summed E-state index contributed by atoms with van der Waals surface area (Å²) in [7, 11) is 0. The predicted molar refractivity (Wildman–Crippen MR) is 84.9 cm³/mol. The number of hydrogen-bond donors (Lipinski definition) is 1. The molecule has 0 aliphatic rings. The van der Waals surface area contributed by atoms with Crippen molar-refractivity contribution in [3.05, 3.63) is 81.4 Å². The van der Waals surface area contributed by atoms with Crippen molar-refractivity contribution in [2.24, 2.45) is 0 Å². The van der Waals surface area contributed by atoms with Crippen molar-refractivity contribution in [1.29, 1.82) is 0 Å². The molecule has 4 nitrogen and oxygen atoms in total. The first-order valence-corrected chi connectivity index (χ1v) is 6.77. The molecule has 2 rings (SSSR count). The maximum atomic E-state index is 12.0. The summed E-state index contributed by atoms with van der Waals surface area (Å²) >= 11 is 0. The van der Waals surface area contributed by atoms with Crippen molar-refractivity contribution in [2.45, 2.75) is 13.8 Å². The van der Waals surface area contributed by atoms with E-state index in [9.17, 15) is 14.7 Å². The number of hydrogen-bond acceptors (Lipinski definition) is 4. The number of rotatable bonds is 4. The van der Waals surface area contributed by atoms with Gasteiger partial charge in [0.1, 0.15) is 17.1 Å². The zero-order valence-corrected chi connectivity index (χ0v) is 12.4. The van der Waals surface area contributed by atoms with Crippen LogP contribution in [-0.4, -0.2) is 10.9 Å². The molecule has 1 aromatic carbocycles. The fraction of sp³-hybridized carbons (Fsp3) is 0.111. The molecule has 0 atom stereocenters. The Morgan fingerprint density at radius 1 is 1.18 bits per heavy atom. The third-order valence-corrected chi connectivity index (χ3v) is 2.99. The van der Waals surface area contributed by atoms with Gasteiger partial charge in [-0.25, -0.2) is 4.79 Å². The standard InChI is InChI=1S/C18H16O4/c1-12(10-14-6-4-3-5-7-14)8-9-15(19)17-16(20)11-13(2)22-18(17)21/h3-11,20H,1-2H3/b9-8+,12-10+. The predicted octanol–water partition coefficient (Wildman–Crippen LogP) is 3.50. The minimum absolute atomic E-state index is 0.253. The molecule has 1 N–H and O–H groups in total. The summed E-state index contributed by atoms with van der Waals surface area (Å²) in [5.74, 6) is -0.705. The average Bonchev–Trinajstić information content (AvgIpc) is 2.45. The number of carbonyl (C=O) groups excluding carboxylic acids is 1. The molecular weight excluding hydrogens is 280 g/mol. The minimum atomic E-state index is -0.836. The van der Waals surface area contributed by atoms with E-state index < -0.39 is 11.4 Å². The van der Waals surface area contributed by atoms with Crippen LogP contribution in [0.1, 0.15) is 28.6 Å². The molecule has 1 heterocycles. The van der Waals surface area contributed by atoms with E-state index in [1.807, 2.05) is 43.3 Å². The van der Waals surface area contributed by atoms with Gasteiger partial charge in [-0.15, -0.1) is 0 Å². The van der Waals surface area contributed by atoms with Gasteiger partial charge in [0.05, 0.1) is 0 Å². The molecule has 0 spiro atoms. The zero-order valence-electron chi connectivity index (χ0n) is 12.4. The lowest BCUT2D eigenvalue weighted by atomic mass is 10.1. The highest BCUT2D eigenvalue weighted by Gasteiger charge is 2.15. The van der Waals surface area contributed by atoms with Crippen molar-refractivity contribution < 1.29 is 14.3 Å². The molecule has 0 radical (unpaired) electrons. The molecular formula is C18H16O4. The first kappa shape index (κ1) is 15.5. The van der Waals surface area contributed by atoms with Gasteiger partial charge in [-0.1, -0.05) is 48.1 Å². The van der Waals surface area contributed by atoms with Crippen LogP contribution >= 0.6 is 0 Å². The monoisotopic (exact) mass is 296 g/mol. The molecule has 0 aliphatic heterocycles. The average molecular weight is 296 g/mol. The van der Waals surface area contributed by atoms with Crippen molar-refractivity contribution in [3.63, 3.8) is 0 Å². The Morgan fingerprint density at radius 3 is 2.50 bits per heavy atom. The van der Waals surface area contributed by atoms with E-state index in [0.717, 1.165) is 11.1 Å². The van der Waals surface area contributed by atoms with E-state index in [0.29, 0.717) is 0 Å². The molecule has 0 aliphatic carbocycles. The van der Waals surface area contributed by atoms with Gasteiger partial charge in [0.15, 0.2) is 5.78 Å². The molecule has 0 fully saturated rings. The van der Waals surface area contributed by atoms with E-state index in [4.69, 9.17) is 4.42 Å². The highest BCUT2D eigenvalue weighted by Crippen LogP contribution is 2.16. The fourth-order valence-corrected chi connectivity index (χ4v) is 1.97. The summed E-state index contributed by atoms with van der Waals surface area (Å²) in [6.07, 6.45) is 4.74. The molecule has 2 aromatic rings. The Kier molecular flexibility index (Phi) is 4.73. The highest BCUT2D eigenvalue weighted by atomic mass is 16.4. The first-order valence-electron chi connectivity index (χ1n) is 6.77. The molecule has 0 bridgehead atoms. The molecule has 0 amide bonds. The summed E-state index contributed by atoms with van der Waals surface area (Å²) < 4.78 is 4.83. The van der Waals surface area contributed by atoms with Crippen LogP contribution in [0.15, 0.2) is 63.3 Å². The number of carbonyl (C=O) groups is 1. The maximum absolute atomic E-state index is 12.0. The van der Waals surface area contributed by atoms with E-state index in [2.05, 4.69) is 0 Å². The molecule has 112 valence electrons. The summed E-state index contributed by atoms with van der Waals surface area (Å²) in [6.45, 7) is 3.37. The van der Waals surface area contributed by atoms with E-state index >= 15 is 0 Å². The normalized spacial score (nSPS) is 11.8. The Bertz CT molecular complexity index is 796. The van der Waals surface area contributed by atoms with Gasteiger partial charge < -0.3 is 9.52 Å². The summed E-state index contributed by atoms with van der Waals surface area (Å²) in [5, 5.41) is 9.71. The van der Waals surface area contributed by atoms with E-state index in [1.165, 1.54) is 19.1 Å². The van der Waals surface area contributed by atoms with Gasteiger partial charge in [-0.05, 0) is 25.5 Å². The van der Waals surface area contributed by atoms with Crippen LogP contribution in [0.2, 0.25) is 0 Å². The van der Waals surface area contributed by atoms with Crippen LogP contribution in [0.4, 0.5) is 0 Å². The van der Waals surface area contributed by atoms with Crippen LogP contribution in [0.3, 0.4) is 0 Å². The van der Waals surface area contributed by atoms with Gasteiger partial charge in [-0.3, -0.25) is 4.79 Å². The lowest BCUT2D eigenvalue weighted by Gasteiger charge is -2.00. The number of aryl methyl sites for hydroxylation is 1. The summed E-state index contributed by atoms with van der Waals surface area (Å²) in [4.78, 5) is 23.7. The van der Waals surface area contributed by atoms with Gasteiger partial charge in [-0.2, -0.15) is 0 Å². The number of benzene rings is 1. The van der Waals surface area contributed by atoms with Gasteiger partial charge >= 0.3 is 5.63 Å². The lowest BCUT2D eigenvalue weighted by Crippen LogP contribution is -2.13. The molecule has 0 saturated carbocycles. The van der Waals surface area contributed by atoms with Crippen LogP contribution in [0.25, 0.3) is 6.08 Å². The number of ketones is 1. The molecule has 1 aromatic heterocycles. The second-order valence-electron chi connectivity index (χ2n) is 4.90. The van der Waals surface area contributed by atoms with Crippen molar-refractivity contribution in [1.82, 2.24) is 0 Å². The summed E-state index contributed by atoms with van der Waals surface area (Å²) in [5.41, 5.74) is 0.663. The quantitative estimate of drug-likeness (QED) is 0.532. The van der Waals surface area contributed by atoms with Crippen molar-refractivity contribution >= 4 is 11.9 Å². The molecule has 4 heteroatoms. The van der Waals surface area contributed by atoms with Crippen molar-refractivity contribution in [3.8, 4) is 5.75 Å². The largest absolute Gasteiger partial charge is 0.507 e. The number of allylic oxidation sites excluding steroid dienone is 3. The molecule has 0 saturated heterocycles. The SMILES string of the molecule is CC(/C=C/C(=O)c1c(O)cc(C)oc1=O)=C\c1ccccc1. The van der Waals surface area contributed by atoms with E-state index in [1.54, 1.807) is 6.08 Å². The lowest BCUT2D eigenvalue weighted by molar-refractivity contribution is 0.104. The van der Waals surface area contributed by atoms with Crippen LogP contribution < -0.4 is 5.63 Å². The van der Waals surface area contributed by atoms with Crippen LogP contribution in [0.5, 0.6) is 5.75 Å². The second-order valence-corrected chi connectivity index (χ2v) is 4.90. The Morgan fingerprint density at radius 2 is 1.86 bits per heavy atom. The Balaban J connectivity index is 2.22. The third kappa shape index (κ3) is 3.82.